The summed E-state index contributed by atoms with van der Waals surface area (Å²) in [5, 5.41) is 30.3. The number of benzene rings is 1. The number of hydrogen-bond acceptors (Lipinski definition) is 7. The molecule has 4 N–H and O–H groups in total. The number of rotatable bonds is 8. The highest BCUT2D eigenvalue weighted by atomic mass is 35.5. The summed E-state index contributed by atoms with van der Waals surface area (Å²) in [5.41, 5.74) is 0.298. The van der Waals surface area contributed by atoms with Gasteiger partial charge in [-0.1, -0.05) is 23.7 Å². The molecule has 5 rings (SSSR count). The first-order valence-electron chi connectivity index (χ1n) is 12.9. The summed E-state index contributed by atoms with van der Waals surface area (Å²) in [6.45, 7) is 4.97. The van der Waals surface area contributed by atoms with Crippen molar-refractivity contribution in [3.8, 4) is 0 Å². The highest BCUT2D eigenvalue weighted by Gasteiger charge is 2.46. The number of likely N-dealkylation sites (tertiary alicyclic amines) is 1. The molecule has 2 saturated heterocycles. The maximum Gasteiger partial charge on any atom is 0.310 e. The highest BCUT2D eigenvalue weighted by Crippen LogP contribution is 2.41. The molecule has 2 aliphatic heterocycles. The van der Waals surface area contributed by atoms with E-state index in [1.54, 1.807) is 29.2 Å². The van der Waals surface area contributed by atoms with Crippen LogP contribution in [0.5, 0.6) is 0 Å². The lowest BCUT2D eigenvalue weighted by atomic mass is 9.72. The van der Waals surface area contributed by atoms with E-state index in [-0.39, 0.29) is 54.8 Å². The third-order valence-corrected chi connectivity index (χ3v) is 8.02. The molecule has 0 unspecified atom stereocenters. The minimum Gasteiger partial charge on any atom is -0.481 e. The number of hydrogen-bond donors (Lipinski definition) is 4. The Morgan fingerprint density at radius 3 is 2.67 bits per heavy atom. The molecule has 2 aliphatic rings. The maximum absolute atomic E-state index is 15.8. The molecule has 0 spiro atoms. The van der Waals surface area contributed by atoms with E-state index in [1.165, 1.54) is 6.07 Å². The smallest absolute Gasteiger partial charge is 0.310 e. The molecule has 9 nitrogen and oxygen atoms in total. The Labute approximate surface area is 229 Å². The molecule has 0 radical (unpaired) electrons. The first-order valence-corrected chi connectivity index (χ1v) is 13.2. The summed E-state index contributed by atoms with van der Waals surface area (Å²) in [5.74, 6) is -1.27. The lowest BCUT2D eigenvalue weighted by Crippen LogP contribution is -2.51. The summed E-state index contributed by atoms with van der Waals surface area (Å²) in [4.78, 5) is 20.9. The molecule has 208 valence electrons. The standard InChI is InChI=1S/C27H31ClF2N6O3/c1-15-8-23(34-33-15)32-22-9-21(36-13-18(37)14-36)25(30)20(31-22)11-27(26(38)39)6-7-35(16(2)10-27)12-17-4-3-5-19(28)24(17)29/h3-5,8-9,16,18,37H,6-7,10-14H2,1-2H3,(H,38,39)(H2,31,32,33,34)/t16-,27-/m1/s1. The molecule has 39 heavy (non-hydrogen) atoms. The molecule has 3 aromatic rings. The summed E-state index contributed by atoms with van der Waals surface area (Å²) >= 11 is 5.94. The van der Waals surface area contributed by atoms with Gasteiger partial charge in [0.05, 0.1) is 27.9 Å². The van der Waals surface area contributed by atoms with Crippen LogP contribution in [0.15, 0.2) is 30.3 Å². The molecule has 2 aromatic heterocycles. The number of β-amino-alcohol motifs (C(OH)–C–C–N with tert-alkyl or cyclic N) is 1. The summed E-state index contributed by atoms with van der Waals surface area (Å²) in [6.07, 6.45) is -0.189. The zero-order chi connectivity index (χ0) is 27.9. The van der Waals surface area contributed by atoms with Gasteiger partial charge in [0, 0.05) is 55.5 Å². The minimum atomic E-state index is -1.26. The van der Waals surface area contributed by atoms with Crippen LogP contribution in [0.2, 0.25) is 5.02 Å². The molecule has 0 amide bonds. The Balaban J connectivity index is 1.41. The van der Waals surface area contributed by atoms with Gasteiger partial charge in [0.15, 0.2) is 11.6 Å². The van der Waals surface area contributed by atoms with Crippen LogP contribution in [0.1, 0.15) is 36.7 Å². The molecular weight excluding hydrogens is 530 g/mol. The van der Waals surface area contributed by atoms with Crippen molar-refractivity contribution >= 4 is 34.9 Å². The maximum atomic E-state index is 15.8. The fourth-order valence-corrected chi connectivity index (χ4v) is 5.69. The van der Waals surface area contributed by atoms with Gasteiger partial charge in [0.2, 0.25) is 0 Å². The minimum absolute atomic E-state index is 0.0348. The van der Waals surface area contributed by atoms with Crippen LogP contribution in [0, 0.1) is 24.0 Å². The average Bonchev–Trinajstić information content (AvgIpc) is 3.27. The summed E-state index contributed by atoms with van der Waals surface area (Å²) in [7, 11) is 0. The fourth-order valence-electron chi connectivity index (χ4n) is 5.49. The second-order valence-corrected chi connectivity index (χ2v) is 11.1. The number of aliphatic hydroxyl groups is 1. The predicted octanol–water partition coefficient (Wildman–Crippen LogP) is 4.27. The third kappa shape index (κ3) is 5.57. The van der Waals surface area contributed by atoms with Crippen molar-refractivity contribution in [1.82, 2.24) is 20.1 Å². The number of H-pyrrole nitrogens is 1. The third-order valence-electron chi connectivity index (χ3n) is 7.72. The van der Waals surface area contributed by atoms with Gasteiger partial charge in [-0.25, -0.2) is 13.8 Å². The number of aromatic nitrogens is 3. The lowest BCUT2D eigenvalue weighted by Gasteiger charge is -2.43. The number of pyridine rings is 1. The van der Waals surface area contributed by atoms with Gasteiger partial charge in [0.1, 0.15) is 11.6 Å². The number of aryl methyl sites for hydroxylation is 1. The fraction of sp³-hybridized carbons (Fsp3) is 0.444. The zero-order valence-corrected chi connectivity index (χ0v) is 22.5. The Bertz CT molecular complexity index is 1380. The molecule has 2 fully saturated rings. The molecule has 0 aliphatic carbocycles. The van der Waals surface area contributed by atoms with Gasteiger partial charge in [0.25, 0.3) is 0 Å². The Kier molecular flexibility index (Phi) is 7.49. The zero-order valence-electron chi connectivity index (χ0n) is 21.7. The molecule has 0 saturated carbocycles. The van der Waals surface area contributed by atoms with Gasteiger partial charge >= 0.3 is 5.97 Å². The first-order chi connectivity index (χ1) is 18.5. The number of aliphatic hydroxyl groups excluding tert-OH is 1. The van der Waals surface area contributed by atoms with E-state index in [1.807, 2.05) is 18.7 Å². The highest BCUT2D eigenvalue weighted by molar-refractivity contribution is 6.30. The van der Waals surface area contributed by atoms with E-state index < -0.39 is 29.1 Å². The van der Waals surface area contributed by atoms with Crippen LogP contribution in [0.25, 0.3) is 0 Å². The largest absolute Gasteiger partial charge is 0.481 e. The SMILES string of the molecule is Cc1cc(Nc2cc(N3CC(O)C3)c(F)c(C[C@@]3(C(=O)O)CCN(Cc4cccc(Cl)c4F)[C@H](C)C3)n2)n[nH]1. The Morgan fingerprint density at radius 2 is 2.03 bits per heavy atom. The predicted molar refractivity (Wildman–Crippen MR) is 143 cm³/mol. The van der Waals surface area contributed by atoms with Gasteiger partial charge in [-0.2, -0.15) is 5.10 Å². The van der Waals surface area contributed by atoms with Crippen LogP contribution in [0.3, 0.4) is 0 Å². The van der Waals surface area contributed by atoms with Crippen molar-refractivity contribution in [3.63, 3.8) is 0 Å². The molecule has 1 aromatic carbocycles. The number of carbonyl (C=O) groups is 1. The molecule has 12 heteroatoms. The van der Waals surface area contributed by atoms with Crippen molar-refractivity contribution in [3.05, 3.63) is 63.9 Å². The topological polar surface area (TPSA) is 118 Å². The first kappa shape index (κ1) is 27.3. The monoisotopic (exact) mass is 560 g/mol. The Hall–Kier alpha value is -3.28. The van der Waals surface area contributed by atoms with E-state index in [2.05, 4.69) is 20.5 Å². The van der Waals surface area contributed by atoms with Crippen molar-refractivity contribution in [2.75, 3.05) is 29.9 Å². The number of nitrogens with zero attached hydrogens (tertiary/aromatic N) is 4. The second kappa shape index (κ2) is 10.7. The number of aromatic amines is 1. The lowest BCUT2D eigenvalue weighted by molar-refractivity contribution is -0.153. The number of anilines is 3. The van der Waals surface area contributed by atoms with E-state index in [0.29, 0.717) is 30.3 Å². The summed E-state index contributed by atoms with van der Waals surface area (Å²) < 4.78 is 30.4. The van der Waals surface area contributed by atoms with E-state index >= 15 is 4.39 Å². The van der Waals surface area contributed by atoms with Gasteiger partial charge in [-0.05, 0) is 39.3 Å². The number of aliphatic carboxylic acids is 1. The van der Waals surface area contributed by atoms with Crippen LogP contribution >= 0.6 is 11.6 Å². The van der Waals surface area contributed by atoms with Crippen LogP contribution in [0.4, 0.5) is 26.1 Å². The number of piperidine rings is 1. The normalized spacial score (nSPS) is 22.1. The van der Waals surface area contributed by atoms with E-state index in [9.17, 15) is 19.4 Å². The van der Waals surface area contributed by atoms with Crippen LogP contribution < -0.4 is 10.2 Å². The average molecular weight is 561 g/mol. The second-order valence-electron chi connectivity index (χ2n) is 10.7. The van der Waals surface area contributed by atoms with Gasteiger partial charge < -0.3 is 20.4 Å². The number of nitrogens with one attached hydrogen (secondary N) is 2. The molecule has 2 atom stereocenters. The Morgan fingerprint density at radius 1 is 1.26 bits per heavy atom. The van der Waals surface area contributed by atoms with E-state index in [0.717, 1.165) is 5.69 Å². The van der Waals surface area contributed by atoms with Crippen molar-refractivity contribution in [2.24, 2.45) is 5.41 Å². The number of carboxylic acids is 1. The van der Waals surface area contributed by atoms with Crippen molar-refractivity contribution in [1.29, 1.82) is 0 Å². The molecule has 4 heterocycles. The molecule has 0 bridgehead atoms. The quantitative estimate of drug-likeness (QED) is 0.323. The van der Waals surface area contributed by atoms with Crippen LogP contribution in [-0.4, -0.2) is 68.0 Å². The van der Waals surface area contributed by atoms with Crippen molar-refractivity contribution < 1.29 is 23.8 Å². The number of halogens is 3. The van der Waals surface area contributed by atoms with Crippen LogP contribution in [-0.2, 0) is 17.8 Å². The molecular formula is C27H31ClF2N6O3. The van der Waals surface area contributed by atoms with E-state index in [4.69, 9.17) is 11.6 Å². The van der Waals surface area contributed by atoms with Gasteiger partial charge in [-0.15, -0.1) is 0 Å². The van der Waals surface area contributed by atoms with Gasteiger partial charge in [-0.3, -0.25) is 14.8 Å². The number of carboxylic acid groups (broad SMARTS) is 1. The van der Waals surface area contributed by atoms with Crippen molar-refractivity contribution in [2.45, 2.75) is 51.8 Å². The summed E-state index contributed by atoms with van der Waals surface area (Å²) in [6, 6.07) is 7.95.